The van der Waals surface area contributed by atoms with Gasteiger partial charge in [-0.1, -0.05) is 51.1 Å². The number of nitrogens with one attached hydrogen (secondary N) is 2. The Hall–Kier alpha value is -2.89. The van der Waals surface area contributed by atoms with E-state index in [9.17, 15) is 19.5 Å². The Kier molecular flexibility index (Phi) is 6.68. The van der Waals surface area contributed by atoms with Crippen molar-refractivity contribution in [2.24, 2.45) is 10.8 Å². The number of aromatic hydroxyl groups is 1. The van der Waals surface area contributed by atoms with Crippen molar-refractivity contribution >= 4 is 11.7 Å². The quantitative estimate of drug-likeness (QED) is 0.626. The number of ketones is 1. The topological polar surface area (TPSA) is 99.3 Å². The molecule has 3 N–H and O–H groups in total. The highest BCUT2D eigenvalue weighted by Crippen LogP contribution is 2.47. The Morgan fingerprint density at radius 1 is 1.13 bits per heavy atom. The van der Waals surface area contributed by atoms with E-state index < -0.39 is 22.5 Å². The Morgan fingerprint density at radius 3 is 2.55 bits per heavy atom. The molecule has 0 saturated heterocycles. The van der Waals surface area contributed by atoms with E-state index in [1.807, 2.05) is 25.1 Å². The van der Waals surface area contributed by atoms with Crippen LogP contribution in [-0.4, -0.2) is 27.8 Å². The first-order valence-electron chi connectivity index (χ1n) is 10.9. The third-order valence-corrected chi connectivity index (χ3v) is 6.24. The molecule has 6 heteroatoms. The number of carbonyl (C=O) groups excluding carboxylic acids is 2. The van der Waals surface area contributed by atoms with E-state index in [0.717, 1.165) is 25.7 Å². The fraction of sp³-hybridized carbons (Fsp3) is 0.480. The summed E-state index contributed by atoms with van der Waals surface area (Å²) in [7, 11) is 0. The number of Topliss-reactive ketones (excluding diaryl/α,β-unsaturated/α-hetero) is 1. The van der Waals surface area contributed by atoms with Gasteiger partial charge in [-0.15, -0.1) is 0 Å². The Labute approximate surface area is 183 Å². The minimum atomic E-state index is -0.605. The molecule has 2 aromatic rings. The average molecular weight is 425 g/mol. The monoisotopic (exact) mass is 424 g/mol. The number of rotatable bonds is 7. The summed E-state index contributed by atoms with van der Waals surface area (Å²) in [4.78, 5) is 40.2. The molecule has 0 spiro atoms. The highest BCUT2D eigenvalue weighted by molar-refractivity contribution is 5.95. The van der Waals surface area contributed by atoms with Crippen molar-refractivity contribution in [3.63, 3.8) is 0 Å². The van der Waals surface area contributed by atoms with Crippen LogP contribution < -0.4 is 10.7 Å². The zero-order valence-electron chi connectivity index (χ0n) is 18.5. The van der Waals surface area contributed by atoms with Crippen LogP contribution in [0.25, 0.3) is 0 Å². The number of hydrogen-bond donors (Lipinski definition) is 3. The maximum atomic E-state index is 13.2. The molecule has 1 aromatic carbocycles. The fourth-order valence-electron chi connectivity index (χ4n) is 5.10. The van der Waals surface area contributed by atoms with Gasteiger partial charge in [0.2, 0.25) is 5.43 Å². The van der Waals surface area contributed by atoms with Crippen LogP contribution in [0.4, 0.5) is 0 Å². The summed E-state index contributed by atoms with van der Waals surface area (Å²) >= 11 is 0. The molecule has 31 heavy (non-hydrogen) atoms. The van der Waals surface area contributed by atoms with Gasteiger partial charge in [-0.3, -0.25) is 14.4 Å². The van der Waals surface area contributed by atoms with Crippen LogP contribution in [0, 0.1) is 10.8 Å². The maximum Gasteiger partial charge on any atom is 0.271 e. The summed E-state index contributed by atoms with van der Waals surface area (Å²) in [6, 6.07) is 11.1. The summed E-state index contributed by atoms with van der Waals surface area (Å²) in [5.41, 5.74) is -0.168. The number of aryl methyl sites for hydroxylation is 1. The molecule has 1 aromatic heterocycles. The average Bonchev–Trinajstić information content (AvgIpc) is 2.69. The van der Waals surface area contributed by atoms with Crippen molar-refractivity contribution in [1.82, 2.24) is 10.3 Å². The molecule has 1 amide bonds. The summed E-state index contributed by atoms with van der Waals surface area (Å²) in [6.07, 6.45) is 5.55. The van der Waals surface area contributed by atoms with Crippen molar-refractivity contribution in [3.8, 4) is 5.75 Å². The van der Waals surface area contributed by atoms with Gasteiger partial charge in [0.1, 0.15) is 5.78 Å². The standard InChI is InChI=1S/C25H32N2O4/c1-24(2)14-18(27-23(31)21-22(30)19(28)12-13-26-21)15-25(3,16-24)20(29)11-7-10-17-8-5-4-6-9-17/h4-6,8-9,12-13,18,30H,7,10-11,14-16H2,1-3H3,(H,26,28)(H,27,31). The van der Waals surface area contributed by atoms with E-state index in [4.69, 9.17) is 0 Å². The van der Waals surface area contributed by atoms with Gasteiger partial charge in [0.25, 0.3) is 5.91 Å². The van der Waals surface area contributed by atoms with Gasteiger partial charge in [-0.2, -0.15) is 0 Å². The second-order valence-electron chi connectivity index (χ2n) is 9.81. The van der Waals surface area contributed by atoms with Crippen LogP contribution in [0.5, 0.6) is 5.75 Å². The van der Waals surface area contributed by atoms with E-state index in [0.29, 0.717) is 12.8 Å². The van der Waals surface area contributed by atoms with Crippen LogP contribution in [0.1, 0.15) is 68.9 Å². The predicted molar refractivity (Wildman–Crippen MR) is 120 cm³/mol. The lowest BCUT2D eigenvalue weighted by Crippen LogP contribution is -2.49. The van der Waals surface area contributed by atoms with Crippen molar-refractivity contribution in [1.29, 1.82) is 0 Å². The SMILES string of the molecule is CC1(C)CC(NC(=O)c2[nH]ccc(=O)c2O)CC(C)(C(=O)CCCc2ccccc2)C1. The number of hydrogen-bond acceptors (Lipinski definition) is 4. The van der Waals surface area contributed by atoms with Crippen LogP contribution in [0.2, 0.25) is 0 Å². The van der Waals surface area contributed by atoms with Crippen molar-refractivity contribution in [2.45, 2.75) is 65.3 Å². The molecular formula is C25H32N2O4. The summed E-state index contributed by atoms with van der Waals surface area (Å²) in [5, 5.41) is 12.9. The second-order valence-corrected chi connectivity index (χ2v) is 9.81. The number of benzene rings is 1. The van der Waals surface area contributed by atoms with Crippen molar-refractivity contribution < 1.29 is 14.7 Å². The Morgan fingerprint density at radius 2 is 1.84 bits per heavy atom. The van der Waals surface area contributed by atoms with Crippen LogP contribution in [0.3, 0.4) is 0 Å². The minimum Gasteiger partial charge on any atom is -0.503 e. The van der Waals surface area contributed by atoms with Gasteiger partial charge in [0, 0.05) is 30.1 Å². The predicted octanol–water partition coefficient (Wildman–Crippen LogP) is 3.99. The highest BCUT2D eigenvalue weighted by Gasteiger charge is 2.45. The fourth-order valence-corrected chi connectivity index (χ4v) is 5.10. The molecule has 1 fully saturated rings. The number of pyridine rings is 1. The van der Waals surface area contributed by atoms with Gasteiger partial charge in [0.05, 0.1) is 0 Å². The van der Waals surface area contributed by atoms with Gasteiger partial charge in [0.15, 0.2) is 11.4 Å². The molecule has 0 aliphatic heterocycles. The number of aromatic nitrogens is 1. The van der Waals surface area contributed by atoms with Gasteiger partial charge in [-0.05, 0) is 43.1 Å². The van der Waals surface area contributed by atoms with Crippen molar-refractivity contribution in [2.75, 3.05) is 0 Å². The van der Waals surface area contributed by atoms with E-state index in [1.165, 1.54) is 17.8 Å². The first-order valence-corrected chi connectivity index (χ1v) is 10.9. The van der Waals surface area contributed by atoms with Crippen LogP contribution >= 0.6 is 0 Å². The van der Waals surface area contributed by atoms with Crippen LogP contribution in [-0.2, 0) is 11.2 Å². The Bertz CT molecular complexity index is 996. The summed E-state index contributed by atoms with van der Waals surface area (Å²) < 4.78 is 0. The molecule has 166 valence electrons. The molecule has 1 aliphatic carbocycles. The molecule has 3 rings (SSSR count). The number of aromatic amines is 1. The first-order chi connectivity index (χ1) is 14.6. The lowest BCUT2D eigenvalue weighted by molar-refractivity contribution is -0.132. The lowest BCUT2D eigenvalue weighted by atomic mass is 9.60. The number of H-pyrrole nitrogens is 1. The molecule has 2 unspecified atom stereocenters. The summed E-state index contributed by atoms with van der Waals surface area (Å²) in [5.74, 6) is -0.891. The smallest absolute Gasteiger partial charge is 0.271 e. The highest BCUT2D eigenvalue weighted by atomic mass is 16.3. The first kappa shape index (κ1) is 22.8. The number of amides is 1. The van der Waals surface area contributed by atoms with Crippen molar-refractivity contribution in [3.05, 3.63) is 64.1 Å². The van der Waals surface area contributed by atoms with Crippen LogP contribution in [0.15, 0.2) is 47.4 Å². The minimum absolute atomic E-state index is 0.119. The molecule has 0 bridgehead atoms. The normalized spacial score (nSPS) is 22.6. The zero-order valence-corrected chi connectivity index (χ0v) is 18.5. The zero-order chi connectivity index (χ0) is 22.6. The van der Waals surface area contributed by atoms with E-state index >= 15 is 0 Å². The Balaban J connectivity index is 1.66. The van der Waals surface area contributed by atoms with Gasteiger partial charge < -0.3 is 15.4 Å². The van der Waals surface area contributed by atoms with E-state index in [-0.39, 0.29) is 22.9 Å². The third-order valence-electron chi connectivity index (χ3n) is 6.24. The molecule has 1 aliphatic rings. The maximum absolute atomic E-state index is 13.2. The molecule has 2 atom stereocenters. The molecular weight excluding hydrogens is 392 g/mol. The van der Waals surface area contributed by atoms with E-state index in [1.54, 1.807) is 0 Å². The molecule has 1 saturated carbocycles. The third kappa shape index (κ3) is 5.63. The molecule has 1 heterocycles. The van der Waals surface area contributed by atoms with Gasteiger partial charge in [-0.25, -0.2) is 0 Å². The molecule has 0 radical (unpaired) electrons. The van der Waals surface area contributed by atoms with E-state index in [2.05, 4.69) is 36.3 Å². The lowest BCUT2D eigenvalue weighted by Gasteiger charge is -2.46. The van der Waals surface area contributed by atoms with Gasteiger partial charge >= 0.3 is 0 Å². The number of carbonyl (C=O) groups is 2. The largest absolute Gasteiger partial charge is 0.503 e. The summed E-state index contributed by atoms with van der Waals surface area (Å²) in [6.45, 7) is 6.23. The molecule has 6 nitrogen and oxygen atoms in total. The second kappa shape index (κ2) is 9.08.